The number of Topliss-reactive ketones (excluding diaryl/α,β-unsaturated/α-hetero) is 1. The molecule has 1 saturated heterocycles. The molecule has 0 radical (unpaired) electrons. The topological polar surface area (TPSA) is 76.1 Å². The normalized spacial score (nSPS) is 17.6. The Morgan fingerprint density at radius 1 is 1.09 bits per heavy atom. The second-order valence-electron chi connectivity index (χ2n) is 8.49. The number of rotatable bonds is 9. The highest BCUT2D eigenvalue weighted by molar-refractivity contribution is 6.46. The van der Waals surface area contributed by atoms with Crippen molar-refractivity contribution in [2.75, 3.05) is 13.2 Å². The molecule has 0 bridgehead atoms. The number of ketones is 1. The van der Waals surface area contributed by atoms with Gasteiger partial charge in [0.1, 0.15) is 17.3 Å². The average Bonchev–Trinajstić information content (AvgIpc) is 3.03. The van der Waals surface area contributed by atoms with Crippen LogP contribution in [0, 0.1) is 6.92 Å². The van der Waals surface area contributed by atoms with E-state index < -0.39 is 17.7 Å². The zero-order valence-electron chi connectivity index (χ0n) is 20.1. The standard InChI is InChI=1S/C27H33NO5/c1-6-8-15-28-24(19-9-12-21(13-10-19)33-17(3)4)23(26(30)27(28)31)25(29)20-11-14-22(32-7-2)18(5)16-20/h9-14,16-17,24,29H,6-8,15H2,1-5H3/b25-23-. The molecule has 1 unspecified atom stereocenters. The molecular weight excluding hydrogens is 418 g/mol. The Kier molecular flexibility index (Phi) is 7.79. The second-order valence-corrected chi connectivity index (χ2v) is 8.49. The summed E-state index contributed by atoms with van der Waals surface area (Å²) in [6.45, 7) is 10.7. The summed E-state index contributed by atoms with van der Waals surface area (Å²) in [5.41, 5.74) is 2.19. The molecule has 176 valence electrons. The number of hydrogen-bond donors (Lipinski definition) is 1. The first-order chi connectivity index (χ1) is 15.8. The molecule has 1 aliphatic rings. The Hall–Kier alpha value is -3.28. The molecule has 1 heterocycles. The van der Waals surface area contributed by atoms with Crippen LogP contribution < -0.4 is 9.47 Å². The quantitative estimate of drug-likeness (QED) is 0.314. The maximum Gasteiger partial charge on any atom is 0.295 e. The number of aliphatic hydroxyl groups is 1. The van der Waals surface area contributed by atoms with Gasteiger partial charge in [-0.15, -0.1) is 0 Å². The number of carbonyl (C=O) groups excluding carboxylic acids is 2. The van der Waals surface area contributed by atoms with Gasteiger partial charge in [0.2, 0.25) is 0 Å². The van der Waals surface area contributed by atoms with Crippen molar-refractivity contribution in [3.05, 3.63) is 64.7 Å². The molecule has 6 nitrogen and oxygen atoms in total. The van der Waals surface area contributed by atoms with E-state index in [1.165, 1.54) is 0 Å². The molecular formula is C27H33NO5. The minimum absolute atomic E-state index is 0.0361. The third-order valence-corrected chi connectivity index (χ3v) is 5.61. The minimum atomic E-state index is -0.664. The van der Waals surface area contributed by atoms with Crippen molar-refractivity contribution < 1.29 is 24.2 Å². The van der Waals surface area contributed by atoms with E-state index >= 15 is 0 Å². The molecule has 33 heavy (non-hydrogen) atoms. The van der Waals surface area contributed by atoms with E-state index in [0.717, 1.165) is 29.7 Å². The van der Waals surface area contributed by atoms with Crippen LogP contribution in [0.15, 0.2) is 48.0 Å². The summed E-state index contributed by atoms with van der Waals surface area (Å²) < 4.78 is 11.3. The van der Waals surface area contributed by atoms with Gasteiger partial charge in [-0.25, -0.2) is 0 Å². The number of aliphatic hydroxyl groups excluding tert-OH is 1. The zero-order valence-corrected chi connectivity index (χ0v) is 20.1. The van der Waals surface area contributed by atoms with Gasteiger partial charge in [-0.3, -0.25) is 9.59 Å². The highest BCUT2D eigenvalue weighted by atomic mass is 16.5. The fourth-order valence-electron chi connectivity index (χ4n) is 4.06. The second kappa shape index (κ2) is 10.6. The maximum absolute atomic E-state index is 13.1. The first-order valence-electron chi connectivity index (χ1n) is 11.6. The number of carbonyl (C=O) groups is 2. The van der Waals surface area contributed by atoms with Gasteiger partial charge < -0.3 is 19.5 Å². The predicted octanol–water partition coefficient (Wildman–Crippen LogP) is 5.40. The summed E-state index contributed by atoms with van der Waals surface area (Å²) >= 11 is 0. The highest BCUT2D eigenvalue weighted by Gasteiger charge is 2.45. The lowest BCUT2D eigenvalue weighted by atomic mass is 9.94. The summed E-state index contributed by atoms with van der Waals surface area (Å²) in [6.07, 6.45) is 1.68. The van der Waals surface area contributed by atoms with Crippen molar-refractivity contribution in [2.24, 2.45) is 0 Å². The molecule has 0 aliphatic carbocycles. The predicted molar refractivity (Wildman–Crippen MR) is 128 cm³/mol. The number of likely N-dealkylation sites (tertiary alicyclic amines) is 1. The number of hydrogen-bond acceptors (Lipinski definition) is 5. The first-order valence-corrected chi connectivity index (χ1v) is 11.6. The van der Waals surface area contributed by atoms with Crippen molar-refractivity contribution in [2.45, 2.75) is 59.6 Å². The minimum Gasteiger partial charge on any atom is -0.507 e. The molecule has 0 saturated carbocycles. The van der Waals surface area contributed by atoms with Crippen LogP contribution in [0.25, 0.3) is 5.76 Å². The fraction of sp³-hybridized carbons (Fsp3) is 0.407. The van der Waals surface area contributed by atoms with Crippen LogP contribution in [-0.2, 0) is 9.59 Å². The maximum atomic E-state index is 13.1. The van der Waals surface area contributed by atoms with Crippen LogP contribution in [0.3, 0.4) is 0 Å². The van der Waals surface area contributed by atoms with E-state index in [2.05, 4.69) is 0 Å². The third-order valence-electron chi connectivity index (χ3n) is 5.61. The number of unbranched alkanes of at least 4 members (excludes halogenated alkanes) is 1. The number of amides is 1. The molecule has 3 rings (SSSR count). The number of ether oxygens (including phenoxy) is 2. The van der Waals surface area contributed by atoms with E-state index in [9.17, 15) is 14.7 Å². The monoisotopic (exact) mass is 451 g/mol. The Labute approximate surface area is 195 Å². The largest absolute Gasteiger partial charge is 0.507 e. The summed E-state index contributed by atoms with van der Waals surface area (Å²) in [5.74, 6) is 0.00459. The highest BCUT2D eigenvalue weighted by Crippen LogP contribution is 2.40. The lowest BCUT2D eigenvalue weighted by Gasteiger charge is -2.25. The van der Waals surface area contributed by atoms with Crippen molar-refractivity contribution >= 4 is 17.4 Å². The van der Waals surface area contributed by atoms with Gasteiger partial charge in [0.15, 0.2) is 0 Å². The summed E-state index contributed by atoms with van der Waals surface area (Å²) in [7, 11) is 0. The number of benzene rings is 2. The van der Waals surface area contributed by atoms with Crippen LogP contribution >= 0.6 is 0 Å². The summed E-state index contributed by atoms with van der Waals surface area (Å²) in [6, 6.07) is 12.0. The zero-order chi connectivity index (χ0) is 24.1. The number of nitrogens with zero attached hydrogens (tertiary/aromatic N) is 1. The van der Waals surface area contributed by atoms with Gasteiger partial charge in [0.25, 0.3) is 11.7 Å². The fourth-order valence-corrected chi connectivity index (χ4v) is 4.06. The Balaban J connectivity index is 2.09. The molecule has 0 spiro atoms. The Bertz CT molecular complexity index is 1040. The van der Waals surface area contributed by atoms with Crippen LogP contribution in [0.4, 0.5) is 0 Å². The van der Waals surface area contributed by atoms with E-state index in [0.29, 0.717) is 24.5 Å². The molecule has 1 aliphatic heterocycles. The number of aryl methyl sites for hydroxylation is 1. The lowest BCUT2D eigenvalue weighted by molar-refractivity contribution is -0.139. The van der Waals surface area contributed by atoms with E-state index in [4.69, 9.17) is 9.47 Å². The van der Waals surface area contributed by atoms with Gasteiger partial charge in [0.05, 0.1) is 24.3 Å². The molecule has 2 aromatic carbocycles. The van der Waals surface area contributed by atoms with Gasteiger partial charge >= 0.3 is 0 Å². The van der Waals surface area contributed by atoms with Crippen molar-refractivity contribution in [1.29, 1.82) is 0 Å². The van der Waals surface area contributed by atoms with Crippen LogP contribution in [-0.4, -0.2) is 41.0 Å². The summed E-state index contributed by atoms with van der Waals surface area (Å²) in [5, 5.41) is 11.2. The van der Waals surface area contributed by atoms with Crippen LogP contribution in [0.5, 0.6) is 11.5 Å². The molecule has 1 fully saturated rings. The van der Waals surface area contributed by atoms with Gasteiger partial charge in [0, 0.05) is 12.1 Å². The smallest absolute Gasteiger partial charge is 0.295 e. The third kappa shape index (κ3) is 5.21. The SMILES string of the molecule is CCCCN1C(=O)C(=O)/C(=C(\O)c2ccc(OCC)c(C)c2)C1c1ccc(OC(C)C)cc1. The first kappa shape index (κ1) is 24.4. The van der Waals surface area contributed by atoms with Gasteiger partial charge in [-0.05, 0) is 75.6 Å². The Morgan fingerprint density at radius 2 is 1.79 bits per heavy atom. The Morgan fingerprint density at radius 3 is 2.36 bits per heavy atom. The van der Waals surface area contributed by atoms with Gasteiger partial charge in [-0.1, -0.05) is 25.5 Å². The van der Waals surface area contributed by atoms with Gasteiger partial charge in [-0.2, -0.15) is 0 Å². The summed E-state index contributed by atoms with van der Waals surface area (Å²) in [4.78, 5) is 27.6. The molecule has 2 aromatic rings. The molecule has 1 atom stereocenters. The lowest BCUT2D eigenvalue weighted by Crippen LogP contribution is -2.30. The molecule has 0 aromatic heterocycles. The van der Waals surface area contributed by atoms with Crippen LogP contribution in [0.1, 0.15) is 63.3 Å². The van der Waals surface area contributed by atoms with Crippen molar-refractivity contribution in [3.8, 4) is 11.5 Å². The molecule has 1 N–H and O–H groups in total. The average molecular weight is 452 g/mol. The van der Waals surface area contributed by atoms with E-state index in [1.807, 2.05) is 58.9 Å². The van der Waals surface area contributed by atoms with E-state index in [1.54, 1.807) is 23.1 Å². The van der Waals surface area contributed by atoms with Crippen molar-refractivity contribution in [3.63, 3.8) is 0 Å². The molecule has 1 amide bonds. The van der Waals surface area contributed by atoms with Crippen molar-refractivity contribution in [1.82, 2.24) is 4.90 Å². The van der Waals surface area contributed by atoms with Crippen LogP contribution in [0.2, 0.25) is 0 Å². The molecule has 6 heteroatoms. The van der Waals surface area contributed by atoms with E-state index in [-0.39, 0.29) is 17.4 Å².